The largest absolute Gasteiger partial charge is 0.379 e. The summed E-state index contributed by atoms with van der Waals surface area (Å²) >= 11 is 0. The van der Waals surface area contributed by atoms with E-state index in [1.165, 1.54) is 0 Å². The van der Waals surface area contributed by atoms with Gasteiger partial charge in [-0.3, -0.25) is 9.47 Å². The maximum absolute atomic E-state index is 14.8. The van der Waals surface area contributed by atoms with Gasteiger partial charge < -0.3 is 9.47 Å². The molecule has 3 aromatic heterocycles. The molecule has 5 heterocycles. The Morgan fingerprint density at radius 1 is 1.13 bits per heavy atom. The second kappa shape index (κ2) is 8.94. The van der Waals surface area contributed by atoms with Gasteiger partial charge in [0.05, 0.1) is 25.1 Å². The molecule has 2 fully saturated rings. The summed E-state index contributed by atoms with van der Waals surface area (Å²) in [4.78, 5) is 20.1. The summed E-state index contributed by atoms with van der Waals surface area (Å²) in [5.41, 5.74) is 3.07. The van der Waals surface area contributed by atoms with E-state index < -0.39 is 5.95 Å². The van der Waals surface area contributed by atoms with Crippen molar-refractivity contribution < 1.29 is 13.9 Å². The first-order valence-corrected chi connectivity index (χ1v) is 11.0. The molecule has 0 saturated carbocycles. The van der Waals surface area contributed by atoms with Gasteiger partial charge in [0.15, 0.2) is 5.65 Å². The number of rotatable bonds is 5. The maximum Gasteiger partial charge on any atom is 0.222 e. The molecule has 8 nitrogen and oxygen atoms in total. The van der Waals surface area contributed by atoms with Crippen molar-refractivity contribution in [3.05, 3.63) is 35.9 Å². The molecule has 0 bridgehead atoms. The third-order valence-electron chi connectivity index (χ3n) is 5.97. The average molecular weight is 426 g/mol. The SMILES string of the molecule is Cc1nc(-c2cc(CCN3CCOCC3)cnc2F)c2ncn(C3CCCCO3)c2n1. The minimum absolute atomic E-state index is 0.0938. The number of ether oxygens (including phenoxy) is 2. The fourth-order valence-corrected chi connectivity index (χ4v) is 4.27. The number of hydrogen-bond donors (Lipinski definition) is 0. The van der Waals surface area contributed by atoms with Gasteiger partial charge >= 0.3 is 0 Å². The van der Waals surface area contributed by atoms with Crippen molar-refractivity contribution in [1.82, 2.24) is 29.4 Å². The minimum Gasteiger partial charge on any atom is -0.379 e. The molecular formula is C22H27FN6O2. The third-order valence-corrected chi connectivity index (χ3v) is 5.97. The van der Waals surface area contributed by atoms with E-state index in [9.17, 15) is 4.39 Å². The quantitative estimate of drug-likeness (QED) is 0.581. The normalized spacial score (nSPS) is 20.4. The molecule has 0 spiro atoms. The molecule has 0 radical (unpaired) electrons. The van der Waals surface area contributed by atoms with Crippen molar-refractivity contribution >= 4 is 11.2 Å². The van der Waals surface area contributed by atoms with Crippen molar-refractivity contribution in [2.45, 2.75) is 38.8 Å². The highest BCUT2D eigenvalue weighted by Gasteiger charge is 2.23. The Balaban J connectivity index is 1.47. The van der Waals surface area contributed by atoms with Crippen LogP contribution >= 0.6 is 0 Å². The number of fused-ring (bicyclic) bond motifs is 1. The highest BCUT2D eigenvalue weighted by Crippen LogP contribution is 2.31. The molecule has 0 amide bonds. The van der Waals surface area contributed by atoms with E-state index in [0.29, 0.717) is 28.2 Å². The van der Waals surface area contributed by atoms with Crippen molar-refractivity contribution in [2.75, 3.05) is 39.5 Å². The zero-order chi connectivity index (χ0) is 21.2. The zero-order valence-corrected chi connectivity index (χ0v) is 17.8. The number of imidazole rings is 1. The van der Waals surface area contributed by atoms with Crippen molar-refractivity contribution in [3.8, 4) is 11.3 Å². The first kappa shape index (κ1) is 20.4. The lowest BCUT2D eigenvalue weighted by atomic mass is 10.1. The highest BCUT2D eigenvalue weighted by atomic mass is 19.1. The number of halogens is 1. The van der Waals surface area contributed by atoms with Crippen LogP contribution in [-0.2, 0) is 15.9 Å². The molecule has 31 heavy (non-hydrogen) atoms. The molecule has 5 rings (SSSR count). The van der Waals surface area contributed by atoms with Crippen molar-refractivity contribution in [1.29, 1.82) is 0 Å². The van der Waals surface area contributed by atoms with E-state index in [0.717, 1.165) is 70.7 Å². The van der Waals surface area contributed by atoms with Gasteiger partial charge in [-0.15, -0.1) is 0 Å². The summed E-state index contributed by atoms with van der Waals surface area (Å²) in [7, 11) is 0. The second-order valence-electron chi connectivity index (χ2n) is 8.15. The van der Waals surface area contributed by atoms with Gasteiger partial charge in [-0.2, -0.15) is 4.39 Å². The Hall–Kier alpha value is -2.49. The molecule has 0 aromatic carbocycles. The van der Waals surface area contributed by atoms with Crippen LogP contribution in [0, 0.1) is 12.9 Å². The van der Waals surface area contributed by atoms with Crippen LogP contribution in [0.25, 0.3) is 22.4 Å². The molecule has 164 valence electrons. The Labute approximate surface area is 180 Å². The predicted octanol–water partition coefficient (Wildman–Crippen LogP) is 2.91. The number of nitrogens with zero attached hydrogens (tertiary/aromatic N) is 6. The predicted molar refractivity (Wildman–Crippen MR) is 113 cm³/mol. The standard InChI is InChI=1S/C22H27FN6O2/c1-15-26-19(20-22(27-15)29(14-25-20)18-4-2-3-9-31-18)17-12-16(13-24-21(17)23)5-6-28-7-10-30-11-8-28/h12-14,18H,2-11H2,1H3. The molecule has 2 aliphatic rings. The maximum atomic E-state index is 14.8. The molecule has 3 aromatic rings. The second-order valence-corrected chi connectivity index (χ2v) is 8.15. The van der Waals surface area contributed by atoms with Crippen LogP contribution in [0.5, 0.6) is 0 Å². The first-order chi connectivity index (χ1) is 15.2. The molecule has 9 heteroatoms. The van der Waals surface area contributed by atoms with Gasteiger partial charge in [0.2, 0.25) is 5.95 Å². The fraction of sp³-hybridized carbons (Fsp3) is 0.545. The summed E-state index contributed by atoms with van der Waals surface area (Å²) < 4.78 is 28.1. The third kappa shape index (κ3) is 4.30. The van der Waals surface area contributed by atoms with Crippen LogP contribution in [0.2, 0.25) is 0 Å². The van der Waals surface area contributed by atoms with Crippen molar-refractivity contribution in [2.24, 2.45) is 0 Å². The molecular weight excluding hydrogens is 399 g/mol. The number of morpholine rings is 1. The van der Waals surface area contributed by atoms with Crippen LogP contribution < -0.4 is 0 Å². The monoisotopic (exact) mass is 426 g/mol. The van der Waals surface area contributed by atoms with Gasteiger partial charge in [0, 0.05) is 32.4 Å². The molecule has 2 aliphatic heterocycles. The summed E-state index contributed by atoms with van der Waals surface area (Å²) in [5.74, 6) is 0.0242. The summed E-state index contributed by atoms with van der Waals surface area (Å²) in [6.45, 7) is 6.81. The average Bonchev–Trinajstić information content (AvgIpc) is 3.23. The summed E-state index contributed by atoms with van der Waals surface area (Å²) in [6.07, 6.45) is 7.12. The molecule has 0 N–H and O–H groups in total. The fourth-order valence-electron chi connectivity index (χ4n) is 4.27. The summed E-state index contributed by atoms with van der Waals surface area (Å²) in [6, 6.07) is 1.85. The lowest BCUT2D eigenvalue weighted by Crippen LogP contribution is -2.37. The van der Waals surface area contributed by atoms with Crippen LogP contribution in [-0.4, -0.2) is 68.9 Å². The zero-order valence-electron chi connectivity index (χ0n) is 17.8. The smallest absolute Gasteiger partial charge is 0.222 e. The Morgan fingerprint density at radius 3 is 2.81 bits per heavy atom. The van der Waals surface area contributed by atoms with Gasteiger partial charge in [-0.1, -0.05) is 0 Å². The number of aromatic nitrogens is 5. The molecule has 0 aliphatic carbocycles. The van der Waals surface area contributed by atoms with Crippen LogP contribution in [0.15, 0.2) is 18.6 Å². The lowest BCUT2D eigenvalue weighted by Gasteiger charge is -2.26. The molecule has 1 atom stereocenters. The van der Waals surface area contributed by atoms with E-state index in [1.54, 1.807) is 12.5 Å². The van der Waals surface area contributed by atoms with Crippen LogP contribution in [0.3, 0.4) is 0 Å². The lowest BCUT2D eigenvalue weighted by molar-refractivity contribution is -0.0298. The Morgan fingerprint density at radius 2 is 2.00 bits per heavy atom. The van der Waals surface area contributed by atoms with Gasteiger partial charge in [0.1, 0.15) is 23.3 Å². The van der Waals surface area contributed by atoms with E-state index in [1.807, 2.05) is 17.6 Å². The van der Waals surface area contributed by atoms with E-state index in [2.05, 4.69) is 24.8 Å². The van der Waals surface area contributed by atoms with Crippen molar-refractivity contribution in [3.63, 3.8) is 0 Å². The van der Waals surface area contributed by atoms with E-state index in [4.69, 9.17) is 9.47 Å². The molecule has 1 unspecified atom stereocenters. The topological polar surface area (TPSA) is 78.2 Å². The molecule has 2 saturated heterocycles. The Bertz CT molecular complexity index is 1060. The van der Waals surface area contributed by atoms with Crippen LogP contribution in [0.1, 0.15) is 36.9 Å². The number of aryl methyl sites for hydroxylation is 1. The number of pyridine rings is 1. The van der Waals surface area contributed by atoms with E-state index in [-0.39, 0.29) is 6.23 Å². The van der Waals surface area contributed by atoms with Gasteiger partial charge in [-0.05, 0) is 44.2 Å². The van der Waals surface area contributed by atoms with Crippen LogP contribution in [0.4, 0.5) is 4.39 Å². The van der Waals surface area contributed by atoms with Gasteiger partial charge in [0.25, 0.3) is 0 Å². The van der Waals surface area contributed by atoms with E-state index >= 15 is 0 Å². The number of hydrogen-bond acceptors (Lipinski definition) is 7. The first-order valence-electron chi connectivity index (χ1n) is 11.0. The van der Waals surface area contributed by atoms with Gasteiger partial charge in [-0.25, -0.2) is 19.9 Å². The highest BCUT2D eigenvalue weighted by molar-refractivity contribution is 5.87. The summed E-state index contributed by atoms with van der Waals surface area (Å²) in [5, 5.41) is 0. The minimum atomic E-state index is -0.544. The Kier molecular flexibility index (Phi) is 5.89.